The Labute approximate surface area is 427 Å². The summed E-state index contributed by atoms with van der Waals surface area (Å²) in [5, 5.41) is 18.9. The van der Waals surface area contributed by atoms with E-state index in [0.717, 1.165) is 0 Å². The lowest BCUT2D eigenvalue weighted by Crippen LogP contribution is -2.49. The quantitative estimate of drug-likeness (QED) is 0.0941. The van der Waals surface area contributed by atoms with Crippen molar-refractivity contribution < 1.29 is 0 Å². The van der Waals surface area contributed by atoms with Crippen molar-refractivity contribution >= 4 is 83.1 Å². The van der Waals surface area contributed by atoms with Crippen molar-refractivity contribution in [1.29, 1.82) is 0 Å². The highest BCUT2D eigenvalue weighted by Crippen LogP contribution is 2.55. The van der Waals surface area contributed by atoms with E-state index in [1.54, 1.807) is 0 Å². The average molecular weight is 945 g/mol. The maximum absolute atomic E-state index is 2.67. The average Bonchev–Trinajstić information content (AvgIpc) is 3.93. The van der Waals surface area contributed by atoms with Gasteiger partial charge >= 0.3 is 0 Å². The monoisotopic (exact) mass is 944 g/mol. The smallest absolute Gasteiger partial charge is 0.0623 e. The van der Waals surface area contributed by atoms with Crippen molar-refractivity contribution in [2.75, 3.05) is 0 Å². The molecule has 1 aliphatic heterocycles. The van der Waals surface area contributed by atoms with Crippen LogP contribution in [0.15, 0.2) is 206 Å². The van der Waals surface area contributed by atoms with Crippen LogP contribution in [0.3, 0.4) is 0 Å². The van der Waals surface area contributed by atoms with Crippen molar-refractivity contribution in [2.45, 2.75) is 51.6 Å². The normalized spacial score (nSPS) is 15.3. The molecule has 1 heterocycles. The van der Waals surface area contributed by atoms with Gasteiger partial charge in [-0.3, -0.25) is 0 Å². The highest BCUT2D eigenvalue weighted by Gasteiger charge is 2.40. The van der Waals surface area contributed by atoms with Gasteiger partial charge in [-0.15, -0.1) is 0 Å². The maximum atomic E-state index is 2.67. The van der Waals surface area contributed by atoms with Crippen molar-refractivity contribution in [3.05, 3.63) is 229 Å². The molecule has 16 rings (SSSR count). The molecule has 0 unspecified atom stereocenters. The molecule has 0 amide bonds. The zero-order chi connectivity index (χ0) is 48.9. The Kier molecular flexibility index (Phi) is 8.02. The summed E-state index contributed by atoms with van der Waals surface area (Å²) < 4.78 is 0. The largest absolute Gasteiger partial charge is 0.113 e. The van der Waals surface area contributed by atoms with Crippen LogP contribution in [0.2, 0.25) is 13.1 Å². The first-order valence-electron chi connectivity index (χ1n) is 26.2. The van der Waals surface area contributed by atoms with Crippen molar-refractivity contribution in [3.8, 4) is 66.8 Å². The fourth-order valence-corrected chi connectivity index (χ4v) is 17.9. The van der Waals surface area contributed by atoms with Crippen molar-refractivity contribution in [2.24, 2.45) is 0 Å². The summed E-state index contributed by atoms with van der Waals surface area (Å²) in [7, 11) is -2.08. The highest BCUT2D eigenvalue weighted by molar-refractivity contribution is 7.04. The predicted molar refractivity (Wildman–Crippen MR) is 316 cm³/mol. The second-order valence-electron chi connectivity index (χ2n) is 23.1. The van der Waals surface area contributed by atoms with Gasteiger partial charge in [-0.1, -0.05) is 223 Å². The molecule has 0 bridgehead atoms. The van der Waals surface area contributed by atoms with Gasteiger partial charge in [-0.2, -0.15) is 0 Å². The van der Waals surface area contributed by atoms with Crippen molar-refractivity contribution in [1.82, 2.24) is 0 Å². The molecule has 0 radical (unpaired) electrons. The minimum absolute atomic E-state index is 0.133. The molecule has 73 heavy (non-hydrogen) atoms. The summed E-state index contributed by atoms with van der Waals surface area (Å²) in [4.78, 5) is 0. The lowest BCUT2D eigenvalue weighted by molar-refractivity contribution is 0.660. The van der Waals surface area contributed by atoms with Gasteiger partial charge in [0.15, 0.2) is 0 Å². The highest BCUT2D eigenvalue weighted by atomic mass is 28.3. The summed E-state index contributed by atoms with van der Waals surface area (Å²) in [5.74, 6) is 0. The SMILES string of the molecule is CC1(C)c2ccccc2-c2ccc(-c3c4ccc(-c5ccc6c7cccc8cccc(c9cccc5c96)c87)cc4c(-c4ccc5c(c4)C(C)(C)c4ccccc4-5)c4cc5c(cc34)-c3ccccc3[Si]5(C)C)cc21. The van der Waals surface area contributed by atoms with Gasteiger partial charge in [0.25, 0.3) is 0 Å². The molecule has 0 atom stereocenters. The Morgan fingerprint density at radius 1 is 0.274 bits per heavy atom. The van der Waals surface area contributed by atoms with Gasteiger partial charge in [0.05, 0.1) is 0 Å². The summed E-state index contributed by atoms with van der Waals surface area (Å²) in [6.07, 6.45) is 0. The molecule has 344 valence electrons. The molecule has 0 spiro atoms. The number of hydrogen-bond acceptors (Lipinski definition) is 0. The summed E-state index contributed by atoms with van der Waals surface area (Å²) in [6, 6.07) is 80.4. The summed E-state index contributed by atoms with van der Waals surface area (Å²) in [5.41, 5.74) is 21.3. The Balaban J connectivity index is 1.04. The topological polar surface area (TPSA) is 0 Å². The zero-order valence-electron chi connectivity index (χ0n) is 42.1. The van der Waals surface area contributed by atoms with Crippen LogP contribution in [0.25, 0.3) is 131 Å². The molecule has 0 fully saturated rings. The molecule has 13 aromatic carbocycles. The number of rotatable bonds is 3. The number of hydrogen-bond donors (Lipinski definition) is 0. The van der Waals surface area contributed by atoms with E-state index in [4.69, 9.17) is 0 Å². The molecule has 1 heteroatoms. The third-order valence-corrected chi connectivity index (χ3v) is 21.9. The van der Waals surface area contributed by atoms with Gasteiger partial charge in [-0.05, 0) is 188 Å². The Hall–Kier alpha value is -8.10. The second kappa shape index (κ2) is 14.1. The molecule has 0 saturated carbocycles. The first-order valence-corrected chi connectivity index (χ1v) is 29.2. The van der Waals surface area contributed by atoms with E-state index in [1.165, 1.54) is 164 Å². The van der Waals surface area contributed by atoms with Gasteiger partial charge < -0.3 is 0 Å². The second-order valence-corrected chi connectivity index (χ2v) is 27.4. The van der Waals surface area contributed by atoms with Crippen LogP contribution < -0.4 is 10.4 Å². The van der Waals surface area contributed by atoms with Crippen LogP contribution in [0.4, 0.5) is 0 Å². The summed E-state index contributed by atoms with van der Waals surface area (Å²) >= 11 is 0. The maximum Gasteiger partial charge on any atom is 0.113 e. The molecule has 0 nitrogen and oxygen atoms in total. The van der Waals surface area contributed by atoms with Crippen LogP contribution >= 0.6 is 0 Å². The first kappa shape index (κ1) is 41.5. The van der Waals surface area contributed by atoms with Gasteiger partial charge in [0.2, 0.25) is 0 Å². The van der Waals surface area contributed by atoms with E-state index in [2.05, 4.69) is 247 Å². The predicted octanol–water partition coefficient (Wildman–Crippen LogP) is 18.5. The molecule has 13 aromatic rings. The van der Waals surface area contributed by atoms with E-state index in [1.807, 2.05) is 0 Å². The van der Waals surface area contributed by atoms with Gasteiger partial charge in [0, 0.05) is 10.8 Å². The first-order chi connectivity index (χ1) is 35.5. The van der Waals surface area contributed by atoms with Gasteiger partial charge in [-0.25, -0.2) is 0 Å². The zero-order valence-corrected chi connectivity index (χ0v) is 43.1. The number of fused-ring (bicyclic) bond motifs is 13. The molecule has 0 saturated heterocycles. The van der Waals surface area contributed by atoms with Gasteiger partial charge in [0.1, 0.15) is 8.07 Å². The van der Waals surface area contributed by atoms with Crippen LogP contribution in [0, 0.1) is 0 Å². The van der Waals surface area contributed by atoms with Crippen LogP contribution in [0.5, 0.6) is 0 Å². The van der Waals surface area contributed by atoms with E-state index in [9.17, 15) is 0 Å². The third kappa shape index (κ3) is 5.30. The Morgan fingerprint density at radius 2 is 0.740 bits per heavy atom. The standard InChI is InChI=1S/C72H52Si/c1-71(2)61-25-10-7-18-46(61)48-31-29-43(37-63(48)71)68-56-33-28-42(45-34-35-55-53-22-14-17-41-16-13-21-52(67(41)53)54-24-15-23-51(45)70(54)55)36-58(56)69(44-30-32-49-47-19-8-11-26-62(47)72(3,4)64(49)38-44)60-40-66-57(39-59(60)68)50-20-9-12-27-65(50)73(66,5)6/h7-40H,1-6H3. The molecule has 3 aliphatic rings. The van der Waals surface area contributed by atoms with E-state index in [0.29, 0.717) is 0 Å². The lowest BCUT2D eigenvalue weighted by atomic mass is 9.79. The molecule has 0 N–H and O–H groups in total. The van der Waals surface area contributed by atoms with E-state index >= 15 is 0 Å². The van der Waals surface area contributed by atoms with Crippen LogP contribution in [-0.2, 0) is 10.8 Å². The molecular weight excluding hydrogens is 893 g/mol. The minimum Gasteiger partial charge on any atom is -0.0623 e. The lowest BCUT2D eigenvalue weighted by Gasteiger charge is -2.25. The summed E-state index contributed by atoms with van der Waals surface area (Å²) in [6.45, 7) is 14.8. The Morgan fingerprint density at radius 3 is 1.40 bits per heavy atom. The Bertz CT molecular complexity index is 4580. The van der Waals surface area contributed by atoms with Crippen LogP contribution in [0.1, 0.15) is 49.9 Å². The van der Waals surface area contributed by atoms with E-state index < -0.39 is 8.07 Å². The fourth-order valence-electron chi connectivity index (χ4n) is 14.8. The van der Waals surface area contributed by atoms with Crippen molar-refractivity contribution in [3.63, 3.8) is 0 Å². The van der Waals surface area contributed by atoms with E-state index in [-0.39, 0.29) is 10.8 Å². The minimum atomic E-state index is -2.08. The number of benzene rings is 13. The van der Waals surface area contributed by atoms with Crippen LogP contribution in [-0.4, -0.2) is 8.07 Å². The third-order valence-electron chi connectivity index (χ3n) is 18.4. The molecule has 0 aromatic heterocycles. The molecular formula is C72H52Si. The molecule has 2 aliphatic carbocycles. The fraction of sp³-hybridized carbons (Fsp3) is 0.111.